The molecule has 0 unspecified atom stereocenters. The topological polar surface area (TPSA) is 17.8 Å². The molecule has 6 heteroatoms. The Bertz CT molecular complexity index is 193. The van der Waals surface area contributed by atoms with E-state index >= 15 is 0 Å². The van der Waals surface area contributed by atoms with Gasteiger partial charge in [0.1, 0.15) is 0 Å². The quantitative estimate of drug-likeness (QED) is 0.673. The highest BCUT2D eigenvalue weighted by Gasteiger charge is 2.21. The van der Waals surface area contributed by atoms with Gasteiger partial charge < -0.3 is 0 Å². The van der Waals surface area contributed by atoms with Gasteiger partial charge in [0.05, 0.1) is 0 Å². The number of nitrogens with zero attached hydrogens (tertiary/aromatic N) is 2. The molecule has 2 nitrogen and oxygen atoms in total. The molecule has 0 bridgehead atoms. The van der Waals surface area contributed by atoms with Crippen LogP contribution < -0.4 is 0 Å². The van der Waals surface area contributed by atoms with Crippen LogP contribution in [-0.2, 0) is 0 Å². The van der Waals surface area contributed by atoms with Gasteiger partial charge in [0.25, 0.3) is 3.12 Å². The molecule has 0 aliphatic heterocycles. The molecule has 0 aromatic carbocycles. The Hall–Kier alpha value is 0.430. The van der Waals surface area contributed by atoms with Gasteiger partial charge in [-0.05, 0) is 6.07 Å². The van der Waals surface area contributed by atoms with Crippen LogP contribution in [0.15, 0.2) is 18.5 Å². The SMILES string of the molecule is ClC(Cl)(Cl)Sn1cccn1. The first-order valence-corrected chi connectivity index (χ1v) is 4.24. The summed E-state index contributed by atoms with van der Waals surface area (Å²) in [6, 6.07) is 1.75. The summed E-state index contributed by atoms with van der Waals surface area (Å²) in [7, 11) is 0. The fraction of sp³-hybridized carbons (Fsp3) is 0.250. The summed E-state index contributed by atoms with van der Waals surface area (Å²) in [6.45, 7) is 0. The number of halogens is 3. The van der Waals surface area contributed by atoms with E-state index in [9.17, 15) is 0 Å². The standard InChI is InChI=1S/C4H3Cl3N2S/c5-4(6,7)10-9-3-1-2-8-9/h1-3H. The van der Waals surface area contributed by atoms with Crippen molar-refractivity contribution >= 4 is 46.8 Å². The monoisotopic (exact) mass is 216 g/mol. The summed E-state index contributed by atoms with van der Waals surface area (Å²) in [5.74, 6) is 0. The largest absolute Gasteiger partial charge is 0.258 e. The lowest BCUT2D eigenvalue weighted by Gasteiger charge is -2.07. The maximum Gasteiger partial charge on any atom is 0.258 e. The van der Waals surface area contributed by atoms with Gasteiger partial charge in [-0.15, -0.1) is 0 Å². The fourth-order valence-corrected chi connectivity index (χ4v) is 1.50. The zero-order chi connectivity index (χ0) is 7.61. The van der Waals surface area contributed by atoms with Crippen LogP contribution in [0.4, 0.5) is 0 Å². The van der Waals surface area contributed by atoms with E-state index in [0.717, 1.165) is 11.9 Å². The molecule has 0 amide bonds. The lowest BCUT2D eigenvalue weighted by Crippen LogP contribution is -1.99. The molecule has 56 valence electrons. The summed E-state index contributed by atoms with van der Waals surface area (Å²) >= 11 is 17.4. The van der Waals surface area contributed by atoms with E-state index in [4.69, 9.17) is 34.8 Å². The summed E-state index contributed by atoms with van der Waals surface area (Å²) in [5.41, 5.74) is 0. The summed E-state index contributed by atoms with van der Waals surface area (Å²) in [5, 5.41) is 3.83. The molecule has 0 aliphatic carbocycles. The highest BCUT2D eigenvalue weighted by molar-refractivity contribution is 8.03. The van der Waals surface area contributed by atoms with Gasteiger partial charge in [-0.3, -0.25) is 0 Å². The molecule has 1 heterocycles. The van der Waals surface area contributed by atoms with Gasteiger partial charge >= 0.3 is 0 Å². The smallest absolute Gasteiger partial charge is 0.210 e. The molecule has 0 fully saturated rings. The van der Waals surface area contributed by atoms with Crippen LogP contribution in [0.25, 0.3) is 0 Å². The molecule has 0 radical (unpaired) electrons. The van der Waals surface area contributed by atoms with Crippen molar-refractivity contribution in [2.75, 3.05) is 0 Å². The lowest BCUT2D eigenvalue weighted by atomic mass is 10.8. The van der Waals surface area contributed by atoms with Crippen LogP contribution in [0.3, 0.4) is 0 Å². The van der Waals surface area contributed by atoms with Crippen LogP contribution in [0.1, 0.15) is 0 Å². The molecule has 10 heavy (non-hydrogen) atoms. The maximum absolute atomic E-state index is 5.46. The van der Waals surface area contributed by atoms with Gasteiger partial charge in [-0.2, -0.15) is 5.10 Å². The molecule has 0 spiro atoms. The van der Waals surface area contributed by atoms with Crippen LogP contribution >= 0.6 is 46.8 Å². The number of hydrogen-bond donors (Lipinski definition) is 0. The van der Waals surface area contributed by atoms with Gasteiger partial charge in [0.2, 0.25) is 0 Å². The average Bonchev–Trinajstić information content (AvgIpc) is 2.12. The Labute approximate surface area is 77.6 Å². The summed E-state index contributed by atoms with van der Waals surface area (Å²) < 4.78 is 0.138. The molecule has 0 aliphatic rings. The first-order valence-electron chi connectivity index (χ1n) is 2.34. The van der Waals surface area contributed by atoms with Crippen molar-refractivity contribution in [3.63, 3.8) is 0 Å². The maximum atomic E-state index is 5.46. The van der Waals surface area contributed by atoms with Gasteiger partial charge in [0.15, 0.2) is 0 Å². The predicted molar refractivity (Wildman–Crippen MR) is 45.5 cm³/mol. The number of aromatic nitrogens is 2. The van der Waals surface area contributed by atoms with E-state index in [1.165, 1.54) is 4.09 Å². The van der Waals surface area contributed by atoms with Crippen molar-refractivity contribution in [2.45, 2.75) is 3.12 Å². The zero-order valence-corrected chi connectivity index (χ0v) is 7.75. The Kier molecular flexibility index (Phi) is 2.74. The molecule has 0 saturated heterocycles. The fourth-order valence-electron chi connectivity index (χ4n) is 0.415. The number of rotatable bonds is 1. The Morgan fingerprint density at radius 3 is 2.50 bits per heavy atom. The van der Waals surface area contributed by atoms with E-state index in [2.05, 4.69) is 5.10 Å². The third-order valence-electron chi connectivity index (χ3n) is 0.677. The van der Waals surface area contributed by atoms with E-state index in [-0.39, 0.29) is 0 Å². The predicted octanol–water partition coefficient (Wildman–Crippen LogP) is 2.71. The molecule has 0 atom stereocenters. The highest BCUT2D eigenvalue weighted by atomic mass is 35.6. The molecule has 0 N–H and O–H groups in total. The molecule has 1 rings (SSSR count). The van der Waals surface area contributed by atoms with Crippen molar-refractivity contribution < 1.29 is 0 Å². The average molecular weight is 218 g/mol. The van der Waals surface area contributed by atoms with E-state index < -0.39 is 3.12 Å². The Balaban J connectivity index is 2.57. The van der Waals surface area contributed by atoms with Gasteiger partial charge in [-0.1, -0.05) is 34.8 Å². The third-order valence-corrected chi connectivity index (χ3v) is 1.91. The molecular weight excluding hydrogens is 214 g/mol. The Morgan fingerprint density at radius 2 is 2.10 bits per heavy atom. The molecular formula is C4H3Cl3N2S. The van der Waals surface area contributed by atoms with Gasteiger partial charge in [-0.25, -0.2) is 4.09 Å². The highest BCUT2D eigenvalue weighted by Crippen LogP contribution is 2.38. The van der Waals surface area contributed by atoms with Crippen LogP contribution in [0.5, 0.6) is 0 Å². The second-order valence-electron chi connectivity index (χ2n) is 1.45. The lowest BCUT2D eigenvalue weighted by molar-refractivity contribution is 1.01. The molecule has 1 aromatic heterocycles. The van der Waals surface area contributed by atoms with Crippen molar-refractivity contribution in [1.29, 1.82) is 0 Å². The minimum atomic E-state index is -1.34. The van der Waals surface area contributed by atoms with Crippen LogP contribution in [0, 0.1) is 0 Å². The second kappa shape index (κ2) is 3.22. The first kappa shape index (κ1) is 8.53. The van der Waals surface area contributed by atoms with E-state index in [0.29, 0.717) is 0 Å². The minimum Gasteiger partial charge on any atom is -0.210 e. The van der Waals surface area contributed by atoms with E-state index in [1.807, 2.05) is 0 Å². The number of alkyl halides is 3. The first-order chi connectivity index (χ1) is 4.58. The minimum absolute atomic E-state index is 1.01. The second-order valence-corrected chi connectivity index (χ2v) is 5.57. The van der Waals surface area contributed by atoms with Crippen molar-refractivity contribution in [3.8, 4) is 0 Å². The van der Waals surface area contributed by atoms with Crippen LogP contribution in [0.2, 0.25) is 0 Å². The van der Waals surface area contributed by atoms with Crippen molar-refractivity contribution in [2.24, 2.45) is 0 Å². The Morgan fingerprint density at radius 1 is 1.40 bits per heavy atom. The molecule has 0 saturated carbocycles. The summed E-state index contributed by atoms with van der Waals surface area (Å²) in [6.07, 6.45) is 3.32. The van der Waals surface area contributed by atoms with Crippen LogP contribution in [-0.4, -0.2) is 12.3 Å². The third kappa shape index (κ3) is 3.01. The normalized spacial score (nSPS) is 11.9. The van der Waals surface area contributed by atoms with E-state index in [1.54, 1.807) is 18.5 Å². The summed E-state index contributed by atoms with van der Waals surface area (Å²) in [4.78, 5) is 0. The number of hydrogen-bond acceptors (Lipinski definition) is 2. The van der Waals surface area contributed by atoms with Gasteiger partial charge in [0, 0.05) is 24.3 Å². The van der Waals surface area contributed by atoms with Crippen molar-refractivity contribution in [3.05, 3.63) is 18.5 Å². The zero-order valence-electron chi connectivity index (χ0n) is 4.67. The molecule has 1 aromatic rings. The van der Waals surface area contributed by atoms with Crippen molar-refractivity contribution in [1.82, 2.24) is 9.19 Å².